The molecule has 110 valence electrons. The van der Waals surface area contributed by atoms with Crippen LogP contribution in [0.15, 0.2) is 42.5 Å². The predicted molar refractivity (Wildman–Crippen MR) is 83.1 cm³/mol. The second-order valence-electron chi connectivity index (χ2n) is 5.63. The van der Waals surface area contributed by atoms with Crippen molar-refractivity contribution < 1.29 is 9.50 Å². The van der Waals surface area contributed by atoms with Gasteiger partial charge in [0, 0.05) is 24.3 Å². The van der Waals surface area contributed by atoms with E-state index in [4.69, 9.17) is 0 Å². The van der Waals surface area contributed by atoms with Crippen molar-refractivity contribution in [2.45, 2.75) is 25.9 Å². The molecule has 3 rings (SSSR count). The van der Waals surface area contributed by atoms with Crippen LogP contribution in [-0.4, -0.2) is 18.2 Å². The second kappa shape index (κ2) is 5.86. The van der Waals surface area contributed by atoms with Gasteiger partial charge in [-0.1, -0.05) is 24.3 Å². The minimum Gasteiger partial charge on any atom is -0.389 e. The highest BCUT2D eigenvalue weighted by Gasteiger charge is 2.18. The lowest BCUT2D eigenvalue weighted by atomic mass is 10.0. The van der Waals surface area contributed by atoms with Crippen LogP contribution in [0.25, 0.3) is 0 Å². The van der Waals surface area contributed by atoms with Gasteiger partial charge < -0.3 is 10.0 Å². The molecule has 1 N–H and O–H groups in total. The van der Waals surface area contributed by atoms with E-state index in [1.54, 1.807) is 13.0 Å². The predicted octanol–water partition coefficient (Wildman–Crippen LogP) is 3.48. The Balaban J connectivity index is 1.89. The summed E-state index contributed by atoms with van der Waals surface area (Å²) in [6.45, 7) is 3.47. The van der Waals surface area contributed by atoms with Gasteiger partial charge in [-0.25, -0.2) is 4.39 Å². The van der Waals surface area contributed by atoms with E-state index in [1.807, 2.05) is 0 Å². The normalized spacial score (nSPS) is 16.2. The molecule has 0 fully saturated rings. The lowest BCUT2D eigenvalue weighted by molar-refractivity contribution is 0.199. The number of benzene rings is 2. The molecular weight excluding hydrogens is 265 g/mol. The van der Waals surface area contributed by atoms with Crippen molar-refractivity contribution in [2.75, 3.05) is 18.0 Å². The van der Waals surface area contributed by atoms with Crippen LogP contribution in [0.4, 0.5) is 10.1 Å². The Kier molecular flexibility index (Phi) is 3.93. The number of hydrogen-bond donors (Lipinski definition) is 1. The smallest absolute Gasteiger partial charge is 0.123 e. The molecule has 2 nitrogen and oxygen atoms in total. The minimum absolute atomic E-state index is 0.298. The fraction of sp³-hybridized carbons (Fsp3) is 0.333. The minimum atomic E-state index is -0.665. The molecule has 0 radical (unpaired) electrons. The lowest BCUT2D eigenvalue weighted by Crippen LogP contribution is -2.27. The molecule has 0 saturated carbocycles. The van der Waals surface area contributed by atoms with Gasteiger partial charge in [0.1, 0.15) is 5.82 Å². The summed E-state index contributed by atoms with van der Waals surface area (Å²) >= 11 is 0. The van der Waals surface area contributed by atoms with E-state index in [1.165, 1.54) is 23.3 Å². The molecular formula is C18H20FNO. The highest BCUT2D eigenvalue weighted by molar-refractivity contribution is 5.55. The molecule has 0 saturated heterocycles. The summed E-state index contributed by atoms with van der Waals surface area (Å²) in [4.78, 5) is 2.25. The summed E-state index contributed by atoms with van der Waals surface area (Å²) in [5.41, 5.74) is 4.39. The monoisotopic (exact) mass is 285 g/mol. The number of halogens is 1. The third-order valence-corrected chi connectivity index (χ3v) is 4.20. The summed E-state index contributed by atoms with van der Waals surface area (Å²) in [7, 11) is 0. The van der Waals surface area contributed by atoms with Gasteiger partial charge in [0.15, 0.2) is 0 Å². The number of aliphatic hydroxyl groups excluding tert-OH is 1. The highest BCUT2D eigenvalue weighted by atomic mass is 19.1. The Morgan fingerprint density at radius 2 is 1.67 bits per heavy atom. The van der Waals surface area contributed by atoms with Crippen LogP contribution < -0.4 is 4.90 Å². The third kappa shape index (κ3) is 2.93. The zero-order chi connectivity index (χ0) is 14.8. The summed E-state index contributed by atoms with van der Waals surface area (Å²) in [6, 6.07) is 13.2. The van der Waals surface area contributed by atoms with Crippen molar-refractivity contribution in [1.82, 2.24) is 0 Å². The Bertz CT molecular complexity index is 612. The van der Waals surface area contributed by atoms with Crippen molar-refractivity contribution in [2.24, 2.45) is 0 Å². The number of hydrogen-bond acceptors (Lipinski definition) is 2. The van der Waals surface area contributed by atoms with Crippen molar-refractivity contribution in [1.29, 1.82) is 0 Å². The molecule has 0 aliphatic carbocycles. The summed E-state index contributed by atoms with van der Waals surface area (Å²) in [5.74, 6) is -0.298. The van der Waals surface area contributed by atoms with Crippen molar-refractivity contribution >= 4 is 5.69 Å². The standard InChI is InChI=1S/C18H20FNO/c1-13(21)17-12-16(19)6-7-18(17)20-10-8-14-4-2-3-5-15(14)9-11-20/h2-7,12-13,21H,8-11H2,1H3/t13-/m1/s1. The van der Waals surface area contributed by atoms with Gasteiger partial charge in [0.05, 0.1) is 6.10 Å². The van der Waals surface area contributed by atoms with Crippen LogP contribution in [0.2, 0.25) is 0 Å². The topological polar surface area (TPSA) is 23.5 Å². The number of aliphatic hydroxyl groups is 1. The maximum absolute atomic E-state index is 13.4. The van der Waals surface area contributed by atoms with Crippen LogP contribution in [0.1, 0.15) is 29.7 Å². The zero-order valence-electron chi connectivity index (χ0n) is 12.2. The van der Waals surface area contributed by atoms with Gasteiger partial charge in [0.2, 0.25) is 0 Å². The maximum atomic E-state index is 13.4. The molecule has 1 atom stereocenters. The van der Waals surface area contributed by atoms with Crippen molar-refractivity contribution in [3.63, 3.8) is 0 Å². The molecule has 0 spiro atoms. The van der Waals surface area contributed by atoms with Gasteiger partial charge in [-0.3, -0.25) is 0 Å². The Morgan fingerprint density at radius 3 is 2.24 bits per heavy atom. The van der Waals surface area contributed by atoms with E-state index in [0.29, 0.717) is 5.56 Å². The first-order valence-electron chi connectivity index (χ1n) is 7.44. The van der Waals surface area contributed by atoms with Gasteiger partial charge in [-0.2, -0.15) is 0 Å². The van der Waals surface area contributed by atoms with Crippen LogP contribution in [0.3, 0.4) is 0 Å². The Morgan fingerprint density at radius 1 is 1.05 bits per heavy atom. The fourth-order valence-electron chi connectivity index (χ4n) is 3.06. The molecule has 1 aliphatic heterocycles. The van der Waals surface area contributed by atoms with E-state index in [9.17, 15) is 9.50 Å². The summed E-state index contributed by atoms with van der Waals surface area (Å²) < 4.78 is 13.4. The van der Waals surface area contributed by atoms with Crippen molar-refractivity contribution in [3.05, 3.63) is 65.0 Å². The van der Waals surface area contributed by atoms with E-state index in [-0.39, 0.29) is 5.82 Å². The number of nitrogens with zero attached hydrogens (tertiary/aromatic N) is 1. The highest BCUT2D eigenvalue weighted by Crippen LogP contribution is 2.29. The lowest BCUT2D eigenvalue weighted by Gasteiger charge is -2.26. The Labute approximate surface area is 124 Å². The molecule has 2 aromatic carbocycles. The first-order valence-corrected chi connectivity index (χ1v) is 7.44. The van der Waals surface area contributed by atoms with Crippen LogP contribution in [-0.2, 0) is 12.8 Å². The van der Waals surface area contributed by atoms with Crippen molar-refractivity contribution in [3.8, 4) is 0 Å². The number of fused-ring (bicyclic) bond motifs is 1. The third-order valence-electron chi connectivity index (χ3n) is 4.20. The van der Waals surface area contributed by atoms with Gasteiger partial charge >= 0.3 is 0 Å². The molecule has 1 aliphatic rings. The summed E-state index contributed by atoms with van der Waals surface area (Å²) in [6.07, 6.45) is 1.29. The molecule has 1 heterocycles. The molecule has 0 unspecified atom stereocenters. The number of rotatable bonds is 2. The zero-order valence-corrected chi connectivity index (χ0v) is 12.2. The van der Waals surface area contributed by atoms with Gasteiger partial charge in [-0.05, 0) is 49.1 Å². The number of anilines is 1. The van der Waals surface area contributed by atoms with E-state index in [0.717, 1.165) is 31.6 Å². The quantitative estimate of drug-likeness (QED) is 0.913. The van der Waals surface area contributed by atoms with E-state index >= 15 is 0 Å². The van der Waals surface area contributed by atoms with Gasteiger partial charge in [0.25, 0.3) is 0 Å². The average Bonchev–Trinajstić information content (AvgIpc) is 2.70. The SMILES string of the molecule is C[C@@H](O)c1cc(F)ccc1N1CCc2ccccc2CC1. The summed E-state index contributed by atoms with van der Waals surface area (Å²) in [5, 5.41) is 9.91. The van der Waals surface area contributed by atoms with E-state index in [2.05, 4.69) is 29.2 Å². The molecule has 3 heteroatoms. The maximum Gasteiger partial charge on any atom is 0.123 e. The van der Waals surface area contributed by atoms with Gasteiger partial charge in [-0.15, -0.1) is 0 Å². The largest absolute Gasteiger partial charge is 0.389 e. The molecule has 0 amide bonds. The molecule has 0 aromatic heterocycles. The first kappa shape index (κ1) is 14.1. The van der Waals surface area contributed by atoms with Crippen LogP contribution in [0, 0.1) is 5.82 Å². The second-order valence-corrected chi connectivity index (χ2v) is 5.63. The van der Waals surface area contributed by atoms with Crippen LogP contribution >= 0.6 is 0 Å². The molecule has 0 bridgehead atoms. The Hall–Kier alpha value is -1.87. The average molecular weight is 285 g/mol. The molecule has 21 heavy (non-hydrogen) atoms. The fourth-order valence-corrected chi connectivity index (χ4v) is 3.06. The van der Waals surface area contributed by atoms with Crippen LogP contribution in [0.5, 0.6) is 0 Å². The van der Waals surface area contributed by atoms with E-state index < -0.39 is 6.10 Å². The molecule has 2 aromatic rings. The first-order chi connectivity index (χ1) is 10.1.